The highest BCUT2D eigenvalue weighted by molar-refractivity contribution is 14.0. The number of aryl methyl sites for hydroxylation is 2. The van der Waals surface area contributed by atoms with Gasteiger partial charge in [0.15, 0.2) is 5.96 Å². The molecule has 0 unspecified atom stereocenters. The fourth-order valence-corrected chi connectivity index (χ4v) is 1.46. The lowest BCUT2D eigenvalue weighted by Crippen LogP contribution is -2.33. The molecule has 0 aliphatic heterocycles. The van der Waals surface area contributed by atoms with Crippen LogP contribution in [0.3, 0.4) is 0 Å². The predicted molar refractivity (Wildman–Crippen MR) is 79.9 cm³/mol. The molecule has 5 nitrogen and oxygen atoms in total. The molecule has 0 saturated heterocycles. The number of halogens is 1. The molecule has 0 amide bonds. The van der Waals surface area contributed by atoms with Crippen LogP contribution in [0.1, 0.15) is 30.4 Å². The second-order valence-corrected chi connectivity index (χ2v) is 3.75. The third-order valence-corrected chi connectivity index (χ3v) is 2.37. The molecule has 0 aliphatic rings. The highest BCUT2D eigenvalue weighted by atomic mass is 127. The number of nitrogens with two attached hydrogens (primary N) is 1. The van der Waals surface area contributed by atoms with Crippen LogP contribution in [0.25, 0.3) is 0 Å². The van der Waals surface area contributed by atoms with E-state index in [4.69, 9.17) is 10.3 Å². The number of aromatic nitrogens is 1. The molecule has 0 spiro atoms. The van der Waals surface area contributed by atoms with Gasteiger partial charge < -0.3 is 15.6 Å². The van der Waals surface area contributed by atoms with Gasteiger partial charge in [-0.3, -0.25) is 4.99 Å². The van der Waals surface area contributed by atoms with E-state index in [9.17, 15) is 0 Å². The first-order chi connectivity index (χ1) is 7.65. The van der Waals surface area contributed by atoms with Crippen LogP contribution in [0, 0.1) is 13.8 Å². The van der Waals surface area contributed by atoms with Crippen molar-refractivity contribution in [3.8, 4) is 0 Å². The molecule has 0 aromatic carbocycles. The summed E-state index contributed by atoms with van der Waals surface area (Å²) in [6.07, 6.45) is 1.86. The van der Waals surface area contributed by atoms with Crippen molar-refractivity contribution in [3.05, 3.63) is 17.0 Å². The minimum absolute atomic E-state index is 0. The zero-order chi connectivity index (χ0) is 12.0. The van der Waals surface area contributed by atoms with E-state index in [0.717, 1.165) is 42.9 Å². The van der Waals surface area contributed by atoms with Crippen molar-refractivity contribution in [2.75, 3.05) is 13.1 Å². The van der Waals surface area contributed by atoms with Crippen molar-refractivity contribution in [1.82, 2.24) is 10.5 Å². The standard InChI is InChI=1S/C11H20N4O.HI/c1-4-6-13-11(12)14-7-5-10-8(2)15-16-9(10)3;/h4-7H2,1-3H3,(H3,12,13,14);1H. The fraction of sp³-hybridized carbons (Fsp3) is 0.636. The van der Waals surface area contributed by atoms with E-state index in [1.165, 1.54) is 0 Å². The van der Waals surface area contributed by atoms with Crippen molar-refractivity contribution >= 4 is 29.9 Å². The average Bonchev–Trinajstić information content (AvgIpc) is 2.57. The Balaban J connectivity index is 0.00000256. The van der Waals surface area contributed by atoms with Gasteiger partial charge in [0.2, 0.25) is 0 Å². The first kappa shape index (κ1) is 16.2. The van der Waals surface area contributed by atoms with Gasteiger partial charge in [-0.15, -0.1) is 24.0 Å². The van der Waals surface area contributed by atoms with Crippen LogP contribution in [-0.4, -0.2) is 24.2 Å². The van der Waals surface area contributed by atoms with Gasteiger partial charge in [-0.05, 0) is 26.7 Å². The van der Waals surface area contributed by atoms with Gasteiger partial charge in [0.05, 0.1) is 5.69 Å². The van der Waals surface area contributed by atoms with Crippen molar-refractivity contribution in [2.24, 2.45) is 10.7 Å². The summed E-state index contributed by atoms with van der Waals surface area (Å²) in [5.74, 6) is 1.39. The van der Waals surface area contributed by atoms with Crippen LogP contribution in [-0.2, 0) is 6.42 Å². The first-order valence-corrected chi connectivity index (χ1v) is 5.60. The highest BCUT2D eigenvalue weighted by Gasteiger charge is 2.07. The number of nitrogens with zero attached hydrogens (tertiary/aromatic N) is 2. The third kappa shape index (κ3) is 5.38. The molecular weight excluding hydrogens is 331 g/mol. The first-order valence-electron chi connectivity index (χ1n) is 5.60. The SMILES string of the molecule is CCCN=C(N)NCCc1c(C)noc1C.I. The van der Waals surface area contributed by atoms with Gasteiger partial charge in [-0.1, -0.05) is 12.1 Å². The molecule has 1 rings (SSSR count). The van der Waals surface area contributed by atoms with Crippen LogP contribution in [0.15, 0.2) is 9.52 Å². The molecule has 0 atom stereocenters. The lowest BCUT2D eigenvalue weighted by Gasteiger charge is -2.04. The third-order valence-electron chi connectivity index (χ3n) is 2.37. The number of hydrogen-bond acceptors (Lipinski definition) is 3. The van der Waals surface area contributed by atoms with Crippen LogP contribution >= 0.6 is 24.0 Å². The van der Waals surface area contributed by atoms with Gasteiger partial charge in [-0.25, -0.2) is 0 Å². The maximum absolute atomic E-state index is 5.68. The maximum Gasteiger partial charge on any atom is 0.188 e. The van der Waals surface area contributed by atoms with E-state index in [1.54, 1.807) is 0 Å². The molecule has 98 valence electrons. The quantitative estimate of drug-likeness (QED) is 0.481. The summed E-state index contributed by atoms with van der Waals surface area (Å²) in [6, 6.07) is 0. The van der Waals surface area contributed by atoms with Gasteiger partial charge in [0.1, 0.15) is 5.76 Å². The Kier molecular flexibility index (Phi) is 7.94. The summed E-state index contributed by atoms with van der Waals surface area (Å²) in [5.41, 5.74) is 7.77. The molecule has 0 fully saturated rings. The molecule has 6 heteroatoms. The van der Waals surface area contributed by atoms with Gasteiger partial charge in [0.25, 0.3) is 0 Å². The minimum atomic E-state index is 0. The number of rotatable bonds is 5. The Hall–Kier alpha value is -0.790. The normalized spacial score (nSPS) is 11.1. The monoisotopic (exact) mass is 352 g/mol. The number of hydrogen-bond donors (Lipinski definition) is 2. The molecule has 1 aromatic rings. The Bertz CT molecular complexity index is 343. The summed E-state index contributed by atoms with van der Waals surface area (Å²) < 4.78 is 5.08. The summed E-state index contributed by atoms with van der Waals surface area (Å²) in [7, 11) is 0. The Morgan fingerprint density at radius 2 is 2.18 bits per heavy atom. The van der Waals surface area contributed by atoms with Gasteiger partial charge in [0, 0.05) is 18.7 Å². The van der Waals surface area contributed by atoms with Crippen molar-refractivity contribution in [1.29, 1.82) is 0 Å². The molecule has 0 radical (unpaired) electrons. The number of guanidine groups is 1. The lowest BCUT2D eigenvalue weighted by molar-refractivity contribution is 0.392. The minimum Gasteiger partial charge on any atom is -0.370 e. The topological polar surface area (TPSA) is 76.4 Å². The Morgan fingerprint density at radius 3 is 2.71 bits per heavy atom. The molecule has 1 heterocycles. The van der Waals surface area contributed by atoms with E-state index in [0.29, 0.717) is 5.96 Å². The van der Waals surface area contributed by atoms with Gasteiger partial charge in [-0.2, -0.15) is 0 Å². The molecule has 0 saturated carbocycles. The predicted octanol–water partition coefficient (Wildman–Crippen LogP) is 1.77. The maximum atomic E-state index is 5.68. The summed E-state index contributed by atoms with van der Waals surface area (Å²) in [4.78, 5) is 4.15. The zero-order valence-corrected chi connectivity index (χ0v) is 12.9. The smallest absolute Gasteiger partial charge is 0.188 e. The molecule has 17 heavy (non-hydrogen) atoms. The van der Waals surface area contributed by atoms with Crippen molar-refractivity contribution < 1.29 is 4.52 Å². The fourth-order valence-electron chi connectivity index (χ4n) is 1.46. The van der Waals surface area contributed by atoms with Crippen LogP contribution < -0.4 is 11.1 Å². The van der Waals surface area contributed by atoms with Gasteiger partial charge >= 0.3 is 0 Å². The van der Waals surface area contributed by atoms with Crippen LogP contribution in [0.5, 0.6) is 0 Å². The summed E-state index contributed by atoms with van der Waals surface area (Å²) >= 11 is 0. The average molecular weight is 352 g/mol. The second-order valence-electron chi connectivity index (χ2n) is 3.75. The molecular formula is C11H21IN4O. The summed E-state index contributed by atoms with van der Waals surface area (Å²) in [6.45, 7) is 7.46. The van der Waals surface area contributed by atoms with E-state index >= 15 is 0 Å². The number of nitrogens with one attached hydrogen (secondary N) is 1. The summed E-state index contributed by atoms with van der Waals surface area (Å²) in [5, 5.41) is 6.97. The number of aliphatic imine (C=N–C) groups is 1. The highest BCUT2D eigenvalue weighted by Crippen LogP contribution is 2.11. The Labute approximate surface area is 119 Å². The van der Waals surface area contributed by atoms with Crippen molar-refractivity contribution in [2.45, 2.75) is 33.6 Å². The second kappa shape index (κ2) is 8.32. The van der Waals surface area contributed by atoms with E-state index < -0.39 is 0 Å². The van der Waals surface area contributed by atoms with Crippen LogP contribution in [0.2, 0.25) is 0 Å². The molecule has 0 bridgehead atoms. The van der Waals surface area contributed by atoms with Crippen LogP contribution in [0.4, 0.5) is 0 Å². The zero-order valence-electron chi connectivity index (χ0n) is 10.6. The Morgan fingerprint density at radius 1 is 1.47 bits per heavy atom. The largest absolute Gasteiger partial charge is 0.370 e. The molecule has 1 aromatic heterocycles. The van der Waals surface area contributed by atoms with E-state index in [2.05, 4.69) is 22.4 Å². The molecule has 3 N–H and O–H groups in total. The molecule has 0 aliphatic carbocycles. The van der Waals surface area contributed by atoms with E-state index in [1.807, 2.05) is 13.8 Å². The lowest BCUT2D eigenvalue weighted by atomic mass is 10.1. The van der Waals surface area contributed by atoms with E-state index in [-0.39, 0.29) is 24.0 Å². The van der Waals surface area contributed by atoms with Crippen molar-refractivity contribution in [3.63, 3.8) is 0 Å².